The first kappa shape index (κ1) is 17.0. The molecule has 0 aromatic rings. The fourth-order valence-electron chi connectivity index (χ4n) is 2.60. The molecular weight excluding hydrogens is 254 g/mol. The van der Waals surface area contributed by atoms with E-state index in [4.69, 9.17) is 4.74 Å². The highest BCUT2D eigenvalue weighted by Crippen LogP contribution is 2.14. The summed E-state index contributed by atoms with van der Waals surface area (Å²) in [6.45, 7) is 3.42. The van der Waals surface area contributed by atoms with Gasteiger partial charge in [-0.2, -0.15) is 0 Å². The lowest BCUT2D eigenvalue weighted by atomic mass is 10.1. The normalized spacial score (nSPS) is 18.4. The third-order valence-corrected chi connectivity index (χ3v) is 3.94. The predicted octanol–water partition coefficient (Wildman–Crippen LogP) is 3.93. The zero-order chi connectivity index (χ0) is 14.6. The molecule has 0 bridgehead atoms. The molecule has 4 heteroatoms. The topological polar surface area (TPSA) is 46.6 Å². The molecule has 0 aromatic carbocycles. The van der Waals surface area contributed by atoms with E-state index in [0.29, 0.717) is 6.61 Å². The van der Waals surface area contributed by atoms with Crippen LogP contribution in [0.1, 0.15) is 71.1 Å². The molecular formula is C16H29NO3. The van der Waals surface area contributed by atoms with E-state index in [9.17, 15) is 9.59 Å². The van der Waals surface area contributed by atoms with Crippen molar-refractivity contribution >= 4 is 12.4 Å². The molecule has 20 heavy (non-hydrogen) atoms. The van der Waals surface area contributed by atoms with Crippen LogP contribution in [0.3, 0.4) is 0 Å². The van der Waals surface area contributed by atoms with E-state index in [1.807, 2.05) is 11.8 Å². The highest BCUT2D eigenvalue weighted by Gasteiger charge is 2.28. The lowest BCUT2D eigenvalue weighted by Crippen LogP contribution is -2.32. The van der Waals surface area contributed by atoms with E-state index in [-0.39, 0.29) is 12.1 Å². The molecule has 1 saturated heterocycles. The van der Waals surface area contributed by atoms with E-state index in [1.165, 1.54) is 44.9 Å². The fraction of sp³-hybridized carbons (Fsp3) is 0.875. The van der Waals surface area contributed by atoms with E-state index < -0.39 is 0 Å². The van der Waals surface area contributed by atoms with Gasteiger partial charge in [-0.15, -0.1) is 0 Å². The maximum Gasteiger partial charge on any atom is 0.410 e. The standard InChI is InChI=1S/C16H29NO3/c1-15-14-20-16(19)17(15)12-10-8-6-4-2-3-5-7-9-11-13-18/h13,15H,2-12,14H2,1H3. The molecule has 4 nitrogen and oxygen atoms in total. The fourth-order valence-corrected chi connectivity index (χ4v) is 2.60. The quantitative estimate of drug-likeness (QED) is 0.403. The number of amides is 1. The van der Waals surface area contributed by atoms with Crippen molar-refractivity contribution in [2.75, 3.05) is 13.2 Å². The lowest BCUT2D eigenvalue weighted by molar-refractivity contribution is -0.107. The van der Waals surface area contributed by atoms with Crippen molar-refractivity contribution in [3.8, 4) is 0 Å². The molecule has 0 radical (unpaired) electrons. The van der Waals surface area contributed by atoms with Crippen LogP contribution in [0.25, 0.3) is 0 Å². The second-order valence-corrected chi connectivity index (χ2v) is 5.76. The van der Waals surface area contributed by atoms with Gasteiger partial charge in [-0.1, -0.05) is 44.9 Å². The largest absolute Gasteiger partial charge is 0.447 e. The molecule has 1 aliphatic rings. The molecule has 0 aliphatic carbocycles. The van der Waals surface area contributed by atoms with Crippen LogP contribution < -0.4 is 0 Å². The van der Waals surface area contributed by atoms with Crippen LogP contribution in [0, 0.1) is 0 Å². The zero-order valence-corrected chi connectivity index (χ0v) is 12.8. The first-order chi connectivity index (χ1) is 9.75. The monoisotopic (exact) mass is 283 g/mol. The van der Waals surface area contributed by atoms with Gasteiger partial charge in [0.15, 0.2) is 0 Å². The Morgan fingerprint density at radius 3 is 2.10 bits per heavy atom. The Morgan fingerprint density at radius 2 is 1.60 bits per heavy atom. The summed E-state index contributed by atoms with van der Waals surface area (Å²) in [6, 6.07) is 0.244. The van der Waals surface area contributed by atoms with Gasteiger partial charge < -0.3 is 14.4 Å². The Bertz CT molecular complexity index is 281. The summed E-state index contributed by atoms with van der Waals surface area (Å²) in [5.41, 5.74) is 0. The Kier molecular flexibility index (Phi) is 9.09. The molecule has 0 saturated carbocycles. The molecule has 1 atom stereocenters. The number of carbonyl (C=O) groups is 2. The molecule has 1 rings (SSSR count). The van der Waals surface area contributed by atoms with Crippen LogP contribution in [0.2, 0.25) is 0 Å². The average molecular weight is 283 g/mol. The molecule has 0 N–H and O–H groups in total. The van der Waals surface area contributed by atoms with Crippen molar-refractivity contribution in [3.05, 3.63) is 0 Å². The maximum absolute atomic E-state index is 11.4. The minimum atomic E-state index is -0.146. The van der Waals surface area contributed by atoms with Gasteiger partial charge in [-0.25, -0.2) is 4.79 Å². The number of ether oxygens (including phenoxy) is 1. The number of unbranched alkanes of at least 4 members (excludes halogenated alkanes) is 9. The summed E-state index contributed by atoms with van der Waals surface area (Å²) in [7, 11) is 0. The number of hydrogen-bond donors (Lipinski definition) is 0. The predicted molar refractivity (Wildman–Crippen MR) is 79.8 cm³/mol. The molecule has 0 spiro atoms. The summed E-state index contributed by atoms with van der Waals surface area (Å²) >= 11 is 0. The zero-order valence-electron chi connectivity index (χ0n) is 12.8. The van der Waals surface area contributed by atoms with Crippen molar-refractivity contribution in [3.63, 3.8) is 0 Å². The first-order valence-electron chi connectivity index (χ1n) is 8.12. The van der Waals surface area contributed by atoms with Crippen molar-refractivity contribution < 1.29 is 14.3 Å². The number of rotatable bonds is 12. The van der Waals surface area contributed by atoms with Gasteiger partial charge in [0.2, 0.25) is 0 Å². The second-order valence-electron chi connectivity index (χ2n) is 5.76. The summed E-state index contributed by atoms with van der Waals surface area (Å²) in [4.78, 5) is 23.4. The van der Waals surface area contributed by atoms with Crippen LogP contribution >= 0.6 is 0 Å². The van der Waals surface area contributed by atoms with E-state index >= 15 is 0 Å². The van der Waals surface area contributed by atoms with E-state index in [2.05, 4.69) is 0 Å². The van der Waals surface area contributed by atoms with Crippen molar-refractivity contribution in [2.45, 2.75) is 77.2 Å². The van der Waals surface area contributed by atoms with Crippen LogP contribution in [0.4, 0.5) is 4.79 Å². The molecule has 1 heterocycles. The van der Waals surface area contributed by atoms with Crippen molar-refractivity contribution in [1.82, 2.24) is 4.90 Å². The first-order valence-corrected chi connectivity index (χ1v) is 8.12. The Labute approximate surface area is 122 Å². The van der Waals surface area contributed by atoms with Gasteiger partial charge in [0.05, 0.1) is 6.04 Å². The summed E-state index contributed by atoms with van der Waals surface area (Å²) < 4.78 is 4.99. The van der Waals surface area contributed by atoms with Crippen molar-refractivity contribution in [1.29, 1.82) is 0 Å². The number of nitrogens with zero attached hydrogens (tertiary/aromatic N) is 1. The van der Waals surface area contributed by atoms with Crippen LogP contribution in [-0.4, -0.2) is 36.5 Å². The molecule has 1 fully saturated rings. The molecule has 1 amide bonds. The van der Waals surface area contributed by atoms with Crippen LogP contribution in [0.5, 0.6) is 0 Å². The summed E-state index contributed by atoms with van der Waals surface area (Å²) in [6.07, 6.45) is 12.5. The van der Waals surface area contributed by atoms with Gasteiger partial charge >= 0.3 is 6.09 Å². The summed E-state index contributed by atoms with van der Waals surface area (Å²) in [5.74, 6) is 0. The molecule has 1 aliphatic heterocycles. The Balaban J connectivity index is 1.83. The Morgan fingerprint density at radius 1 is 1.05 bits per heavy atom. The van der Waals surface area contributed by atoms with E-state index in [0.717, 1.165) is 32.1 Å². The van der Waals surface area contributed by atoms with Gasteiger partial charge in [-0.05, 0) is 19.8 Å². The van der Waals surface area contributed by atoms with E-state index in [1.54, 1.807) is 0 Å². The Hall–Kier alpha value is -1.06. The highest BCUT2D eigenvalue weighted by molar-refractivity contribution is 5.69. The molecule has 1 unspecified atom stereocenters. The minimum absolute atomic E-state index is 0.146. The minimum Gasteiger partial charge on any atom is -0.447 e. The van der Waals surface area contributed by atoms with Crippen LogP contribution in [0.15, 0.2) is 0 Å². The van der Waals surface area contributed by atoms with Gasteiger partial charge in [-0.3, -0.25) is 0 Å². The van der Waals surface area contributed by atoms with Crippen molar-refractivity contribution in [2.24, 2.45) is 0 Å². The smallest absolute Gasteiger partial charge is 0.410 e. The summed E-state index contributed by atoms with van der Waals surface area (Å²) in [5, 5.41) is 0. The highest BCUT2D eigenvalue weighted by atomic mass is 16.6. The third-order valence-electron chi connectivity index (χ3n) is 3.94. The second kappa shape index (κ2) is 10.7. The van der Waals surface area contributed by atoms with Gasteiger partial charge in [0.1, 0.15) is 12.9 Å². The maximum atomic E-state index is 11.4. The molecule has 116 valence electrons. The van der Waals surface area contributed by atoms with Gasteiger partial charge in [0, 0.05) is 13.0 Å². The SMILES string of the molecule is CC1COC(=O)N1CCCCCCCCCCCC=O. The number of hydrogen-bond acceptors (Lipinski definition) is 3. The third kappa shape index (κ3) is 6.92. The number of aldehydes is 1. The van der Waals surface area contributed by atoms with Crippen LogP contribution in [-0.2, 0) is 9.53 Å². The number of carbonyl (C=O) groups excluding carboxylic acids is 2. The number of cyclic esters (lactones) is 1. The molecule has 0 aromatic heterocycles. The lowest BCUT2D eigenvalue weighted by Gasteiger charge is -2.17. The van der Waals surface area contributed by atoms with Gasteiger partial charge in [0.25, 0.3) is 0 Å². The average Bonchev–Trinajstić information content (AvgIpc) is 2.76.